The van der Waals surface area contributed by atoms with Gasteiger partial charge in [-0.05, 0) is 33.4 Å². The van der Waals surface area contributed by atoms with E-state index in [2.05, 4.69) is 4.85 Å². The topological polar surface area (TPSA) is 181 Å². The van der Waals surface area contributed by atoms with Crippen molar-refractivity contribution in [2.45, 2.75) is 0 Å². The van der Waals surface area contributed by atoms with Crippen LogP contribution in [0.4, 0.5) is 17.1 Å². The Bertz CT molecular complexity index is 2190. The molecule has 186 valence electrons. The molecule has 1 saturated carbocycles. The molecule has 3 aromatic rings. The molecule has 1 aliphatic carbocycles. The molecular weight excluding hydrogens is 504 g/mol. The number of nitriles is 2. The van der Waals surface area contributed by atoms with Crippen molar-refractivity contribution in [2.75, 3.05) is 0 Å². The molecule has 39 heavy (non-hydrogen) atoms. The van der Waals surface area contributed by atoms with Crippen molar-refractivity contribution >= 4 is 33.9 Å². The van der Waals surface area contributed by atoms with E-state index in [4.69, 9.17) is 23.0 Å². The highest BCUT2D eigenvalue weighted by Gasteiger charge is 2.41. The maximum atomic E-state index is 11.8. The maximum absolute atomic E-state index is 11.8. The van der Waals surface area contributed by atoms with Crippen LogP contribution in [0.15, 0.2) is 89.2 Å². The van der Waals surface area contributed by atoms with E-state index in [1.165, 1.54) is 12.1 Å². The van der Waals surface area contributed by atoms with Gasteiger partial charge in [-0.3, -0.25) is 30.3 Å². The fourth-order valence-corrected chi connectivity index (χ4v) is 3.28. The monoisotopic (exact) mass is 528 g/mol. The SMILES string of the molecule is [2H]c1c([2H])c(C([N+]#[C-])=C2C(=C(\C#N)c3c([2H])c([2H])c([2H])c([N+](=O)[O-])c3[2H])/C2=C(\C#N)c2c([2H])c([2H])c([2H])c([N+](=O)[O-])c2[2H])c([2H])c([N+](=O)[O-])c1[2H]. The van der Waals surface area contributed by atoms with E-state index in [-0.39, 0.29) is 0 Å². The van der Waals surface area contributed by atoms with Crippen LogP contribution in [-0.4, -0.2) is 14.8 Å². The number of hydrogen-bond donors (Lipinski definition) is 0. The lowest BCUT2D eigenvalue weighted by Crippen LogP contribution is -1.90. The van der Waals surface area contributed by atoms with Gasteiger partial charge in [-0.25, -0.2) is 4.85 Å². The van der Waals surface area contributed by atoms with Crippen LogP contribution in [0.2, 0.25) is 0 Å². The molecule has 12 heteroatoms. The Hall–Kier alpha value is -6.45. The summed E-state index contributed by atoms with van der Waals surface area (Å²) in [6.07, 6.45) is 0. The number of benzene rings is 3. The number of nitro groups is 3. The minimum atomic E-state index is -1.35. The first-order valence-electron chi connectivity index (χ1n) is 15.9. The van der Waals surface area contributed by atoms with E-state index in [1.807, 2.05) is 0 Å². The molecule has 0 N–H and O–H groups in total. The molecule has 1 fully saturated rings. The Morgan fingerprint density at radius 1 is 0.692 bits per heavy atom. The highest BCUT2D eigenvalue weighted by Crippen LogP contribution is 2.56. The van der Waals surface area contributed by atoms with E-state index < -0.39 is 155 Å². The predicted molar refractivity (Wildman–Crippen MR) is 138 cm³/mol. The second-order valence-corrected chi connectivity index (χ2v) is 7.00. The zero-order chi connectivity index (χ0) is 38.7. The molecule has 12 nitrogen and oxygen atoms in total. The molecule has 0 atom stereocenters. The van der Waals surface area contributed by atoms with Crippen LogP contribution < -0.4 is 0 Å². The molecule has 4 rings (SSSR count). The molecule has 3 aromatic carbocycles. The van der Waals surface area contributed by atoms with Crippen LogP contribution >= 0.6 is 0 Å². The highest BCUT2D eigenvalue weighted by molar-refractivity contribution is 6.11. The molecule has 0 spiro atoms. The van der Waals surface area contributed by atoms with Crippen molar-refractivity contribution in [2.24, 2.45) is 0 Å². The van der Waals surface area contributed by atoms with Crippen LogP contribution in [0.5, 0.6) is 0 Å². The third-order valence-electron chi connectivity index (χ3n) is 4.88. The molecular formula is C27H12N6O6. The zero-order valence-corrected chi connectivity index (χ0v) is 18.6. The standard InChI is InChI=1S/C27H12N6O6/c1-30-27(18-7-4-10-21(13-18)33(38)39)26-24(22(14-28)16-5-2-8-19(11-16)31(34)35)25(26)23(15-29)17-6-3-9-20(12-17)32(36)37/h2-13H/b24-22-,25-23+,27-26?/i2D,3D,4D,5D,6D,7D,8D,9D,10D,11D,12D,13D. The van der Waals surface area contributed by atoms with Crippen LogP contribution in [0, 0.1) is 59.6 Å². The van der Waals surface area contributed by atoms with Gasteiger partial charge < -0.3 is 0 Å². The van der Waals surface area contributed by atoms with Gasteiger partial charge in [0.2, 0.25) is 5.70 Å². The van der Waals surface area contributed by atoms with Crippen LogP contribution in [0.3, 0.4) is 0 Å². The van der Waals surface area contributed by atoms with E-state index in [0.29, 0.717) is 0 Å². The lowest BCUT2D eigenvalue weighted by Gasteiger charge is -1.99. The fraction of sp³-hybridized carbons (Fsp3) is 0. The van der Waals surface area contributed by atoms with Gasteiger partial charge in [0.05, 0.1) is 48.9 Å². The third kappa shape index (κ3) is 4.83. The van der Waals surface area contributed by atoms with Gasteiger partial charge in [0.15, 0.2) is 0 Å². The zero-order valence-electron chi connectivity index (χ0n) is 30.6. The summed E-state index contributed by atoms with van der Waals surface area (Å²) in [6, 6.07) is -11.2. The van der Waals surface area contributed by atoms with Crippen LogP contribution in [-0.2, 0) is 0 Å². The van der Waals surface area contributed by atoms with E-state index >= 15 is 0 Å². The smallest absolute Gasteiger partial charge is 0.258 e. The second-order valence-electron chi connectivity index (χ2n) is 7.00. The first-order chi connectivity index (χ1) is 23.7. The van der Waals surface area contributed by atoms with E-state index in [0.717, 1.165) is 0 Å². The van der Waals surface area contributed by atoms with Gasteiger partial charge >= 0.3 is 0 Å². The number of hydrogen-bond acceptors (Lipinski definition) is 8. The summed E-state index contributed by atoms with van der Waals surface area (Å²) >= 11 is 0. The number of nitrogens with zero attached hydrogens (tertiary/aromatic N) is 6. The summed E-state index contributed by atoms with van der Waals surface area (Å²) < 4.78 is 98.1. The second kappa shape index (κ2) is 10.3. The van der Waals surface area contributed by atoms with Crippen molar-refractivity contribution in [3.63, 3.8) is 0 Å². The average molecular weight is 529 g/mol. The summed E-state index contributed by atoms with van der Waals surface area (Å²) in [6.45, 7) is 7.90. The van der Waals surface area contributed by atoms with Gasteiger partial charge in [0.25, 0.3) is 17.1 Å². The molecule has 0 aliphatic heterocycles. The number of allylic oxidation sites excluding steroid dienone is 5. The summed E-state index contributed by atoms with van der Waals surface area (Å²) in [5.41, 5.74) is -12.4. The molecule has 0 bridgehead atoms. The average Bonchev–Trinajstić information content (AvgIpc) is 3.77. The van der Waals surface area contributed by atoms with Gasteiger partial charge in [0.1, 0.15) is 12.1 Å². The van der Waals surface area contributed by atoms with Gasteiger partial charge in [-0.15, -0.1) is 0 Å². The molecule has 0 unspecified atom stereocenters. The van der Waals surface area contributed by atoms with Crippen molar-refractivity contribution in [1.82, 2.24) is 0 Å². The third-order valence-corrected chi connectivity index (χ3v) is 4.88. The molecule has 0 aromatic heterocycles. The maximum Gasteiger partial charge on any atom is 0.270 e. The summed E-state index contributed by atoms with van der Waals surface area (Å²) in [7, 11) is 0. The fourth-order valence-electron chi connectivity index (χ4n) is 3.28. The first kappa shape index (κ1) is 14.3. The van der Waals surface area contributed by atoms with E-state index in [9.17, 15) is 40.9 Å². The largest absolute Gasteiger partial charge is 0.270 e. The molecule has 0 heterocycles. The minimum absolute atomic E-state index is 0.751. The Morgan fingerprint density at radius 3 is 1.38 bits per heavy atom. The Morgan fingerprint density at radius 2 is 1.05 bits per heavy atom. The minimum Gasteiger partial charge on any atom is -0.258 e. The number of rotatable bonds is 6. The van der Waals surface area contributed by atoms with Crippen molar-refractivity contribution < 1.29 is 31.2 Å². The van der Waals surface area contributed by atoms with Gasteiger partial charge in [-0.2, -0.15) is 10.5 Å². The molecule has 0 radical (unpaired) electrons. The number of nitro benzene ring substituents is 3. The van der Waals surface area contributed by atoms with Crippen molar-refractivity contribution in [1.29, 1.82) is 10.5 Å². The Labute approximate surface area is 236 Å². The van der Waals surface area contributed by atoms with Gasteiger partial charge in [0, 0.05) is 36.3 Å². The normalized spacial score (nSPS) is 19.9. The predicted octanol–water partition coefficient (Wildman–Crippen LogP) is 6.01. The Balaban J connectivity index is 2.43. The molecule has 0 saturated heterocycles. The molecule has 0 amide bonds. The van der Waals surface area contributed by atoms with Crippen LogP contribution in [0.1, 0.15) is 33.1 Å². The summed E-state index contributed by atoms with van der Waals surface area (Å²) in [5, 5.41) is 56.0. The first-order valence-corrected chi connectivity index (χ1v) is 9.91. The lowest BCUT2D eigenvalue weighted by molar-refractivity contribution is -0.385. The summed E-state index contributed by atoms with van der Waals surface area (Å²) in [5.74, 6) is 0. The lowest BCUT2D eigenvalue weighted by atomic mass is 10.0. The highest BCUT2D eigenvalue weighted by atomic mass is 16.6. The van der Waals surface area contributed by atoms with E-state index in [1.54, 1.807) is 0 Å². The van der Waals surface area contributed by atoms with Crippen LogP contribution in [0.25, 0.3) is 21.7 Å². The van der Waals surface area contributed by atoms with Crippen molar-refractivity contribution in [3.8, 4) is 12.1 Å². The van der Waals surface area contributed by atoms with Gasteiger partial charge in [-0.1, -0.05) is 36.3 Å². The van der Waals surface area contributed by atoms with Crippen molar-refractivity contribution in [3.05, 3.63) is 148 Å². The summed E-state index contributed by atoms with van der Waals surface area (Å²) in [4.78, 5) is 34.7. The Kier molecular flexibility index (Phi) is 3.77. The quantitative estimate of drug-likeness (QED) is 0.161. The molecule has 1 aliphatic rings.